The van der Waals surface area contributed by atoms with Gasteiger partial charge in [0.05, 0.1) is 6.42 Å². The summed E-state index contributed by atoms with van der Waals surface area (Å²) in [7, 11) is -5.78. The van der Waals surface area contributed by atoms with Gasteiger partial charge >= 0.3 is 29.5 Å². The average Bonchev–Trinajstić information content (AvgIpc) is 2.77. The van der Waals surface area contributed by atoms with Crippen LogP contribution in [0.2, 0.25) is 12.1 Å². The quantitative estimate of drug-likeness (QED) is 0.142. The lowest BCUT2D eigenvalue weighted by atomic mass is 9.97. The van der Waals surface area contributed by atoms with Gasteiger partial charge in [-0.05, 0) is 67.2 Å². The van der Waals surface area contributed by atoms with E-state index in [-0.39, 0.29) is 5.57 Å². The topological polar surface area (TPSA) is 130 Å². The van der Waals surface area contributed by atoms with Crippen molar-refractivity contribution in [2.75, 3.05) is 39.6 Å². The predicted octanol–water partition coefficient (Wildman–Crippen LogP) is 4.50. The Hall–Kier alpha value is -1.13. The maximum atomic E-state index is 12.0. The molecule has 0 saturated carbocycles. The van der Waals surface area contributed by atoms with Gasteiger partial charge in [0.25, 0.3) is 0 Å². The number of carboxylic acid groups (broad SMARTS) is 2. The van der Waals surface area contributed by atoms with Crippen molar-refractivity contribution < 1.29 is 46.4 Å². The second-order valence-corrected chi connectivity index (χ2v) is 13.1. The van der Waals surface area contributed by atoms with E-state index in [9.17, 15) is 19.8 Å². The van der Waals surface area contributed by atoms with Crippen molar-refractivity contribution in [1.82, 2.24) is 0 Å². The molecule has 0 aliphatic rings. The third-order valence-corrected chi connectivity index (χ3v) is 11.4. The summed E-state index contributed by atoms with van der Waals surface area (Å²) in [5.74, 6) is -2.39. The second-order valence-electron chi connectivity index (χ2n) is 7.63. The Labute approximate surface area is 212 Å². The molecular formula is C23H46O10Si2. The van der Waals surface area contributed by atoms with Crippen LogP contribution in [-0.2, 0) is 36.1 Å². The van der Waals surface area contributed by atoms with E-state index in [2.05, 4.69) is 0 Å². The molecule has 0 rings (SSSR count). The van der Waals surface area contributed by atoms with Crippen molar-refractivity contribution in [2.45, 2.75) is 85.7 Å². The molecule has 0 heterocycles. The number of allylic oxidation sites excluding steroid dienone is 1. The summed E-state index contributed by atoms with van der Waals surface area (Å²) in [5.41, 5.74) is 0.519. The first-order valence-electron chi connectivity index (χ1n) is 12.7. The fourth-order valence-corrected chi connectivity index (χ4v) is 9.19. The van der Waals surface area contributed by atoms with Crippen LogP contribution in [-0.4, -0.2) is 79.4 Å². The monoisotopic (exact) mass is 538 g/mol. The average molecular weight is 539 g/mol. The molecule has 206 valence electrons. The highest BCUT2D eigenvalue weighted by Crippen LogP contribution is 2.28. The van der Waals surface area contributed by atoms with Gasteiger partial charge < -0.3 is 36.8 Å². The predicted molar refractivity (Wildman–Crippen MR) is 136 cm³/mol. The highest BCUT2D eigenvalue weighted by atomic mass is 28.4. The first-order chi connectivity index (χ1) is 16.7. The highest BCUT2D eigenvalue weighted by Gasteiger charge is 2.41. The Morgan fingerprint density at radius 2 is 0.914 bits per heavy atom. The standard InChI is InChI=1S/C23H46O10Si2/c1-7-28-34(29-8-2,30-9-3)17-13-15-20(21(23(26)27)19-22(24)25)16-14-18-35(31-10-4,32-11-5)33-12-6/h7-19H2,1-6H3,(H,24,25)(H,26,27). The first-order valence-corrected chi connectivity index (χ1v) is 16.5. The molecule has 0 aromatic carbocycles. The Bertz CT molecular complexity index is 574. The number of hydrogen-bond acceptors (Lipinski definition) is 8. The van der Waals surface area contributed by atoms with Crippen molar-refractivity contribution in [2.24, 2.45) is 0 Å². The zero-order valence-electron chi connectivity index (χ0n) is 22.4. The molecule has 0 amide bonds. The van der Waals surface area contributed by atoms with E-state index in [0.717, 1.165) is 0 Å². The van der Waals surface area contributed by atoms with Gasteiger partial charge in [-0.1, -0.05) is 5.57 Å². The molecule has 0 aromatic heterocycles. The van der Waals surface area contributed by atoms with E-state index < -0.39 is 36.0 Å². The molecular weight excluding hydrogens is 492 g/mol. The Morgan fingerprint density at radius 3 is 1.14 bits per heavy atom. The van der Waals surface area contributed by atoms with E-state index in [0.29, 0.717) is 83.0 Å². The van der Waals surface area contributed by atoms with Crippen LogP contribution >= 0.6 is 0 Å². The van der Waals surface area contributed by atoms with Gasteiger partial charge in [0.15, 0.2) is 0 Å². The maximum Gasteiger partial charge on any atom is 0.500 e. The zero-order chi connectivity index (χ0) is 26.7. The van der Waals surface area contributed by atoms with E-state index in [1.807, 2.05) is 41.5 Å². The number of carboxylic acids is 2. The second kappa shape index (κ2) is 19.0. The number of aliphatic carboxylic acids is 2. The third-order valence-electron chi connectivity index (χ3n) is 5.12. The lowest BCUT2D eigenvalue weighted by molar-refractivity contribution is -0.139. The Kier molecular flexibility index (Phi) is 18.4. The van der Waals surface area contributed by atoms with Gasteiger partial charge in [-0.15, -0.1) is 0 Å². The summed E-state index contributed by atoms with van der Waals surface area (Å²) < 4.78 is 35.4. The van der Waals surface area contributed by atoms with Crippen LogP contribution in [0.15, 0.2) is 11.1 Å². The molecule has 10 nitrogen and oxygen atoms in total. The van der Waals surface area contributed by atoms with Crippen molar-refractivity contribution in [3.8, 4) is 0 Å². The third kappa shape index (κ3) is 13.1. The molecule has 0 fully saturated rings. The largest absolute Gasteiger partial charge is 0.500 e. The summed E-state index contributed by atoms with van der Waals surface area (Å²) in [4.78, 5) is 23.4. The molecule has 0 spiro atoms. The molecule has 2 N–H and O–H groups in total. The van der Waals surface area contributed by atoms with E-state index in [4.69, 9.17) is 26.6 Å². The van der Waals surface area contributed by atoms with Gasteiger partial charge in [0, 0.05) is 57.3 Å². The molecule has 0 radical (unpaired) electrons. The lowest BCUT2D eigenvalue weighted by Gasteiger charge is -2.29. The molecule has 0 saturated heterocycles. The van der Waals surface area contributed by atoms with Gasteiger partial charge in [0.1, 0.15) is 0 Å². The number of rotatable bonds is 23. The fourth-order valence-electron chi connectivity index (χ4n) is 3.97. The van der Waals surface area contributed by atoms with Crippen molar-refractivity contribution in [3.63, 3.8) is 0 Å². The summed E-state index contributed by atoms with van der Waals surface area (Å²) in [6.45, 7) is 14.0. The fraction of sp³-hybridized carbons (Fsp3) is 0.826. The minimum Gasteiger partial charge on any atom is -0.481 e. The van der Waals surface area contributed by atoms with Gasteiger partial charge in [-0.25, -0.2) is 4.79 Å². The van der Waals surface area contributed by atoms with E-state index in [1.165, 1.54) is 0 Å². The smallest absolute Gasteiger partial charge is 0.481 e. The van der Waals surface area contributed by atoms with Crippen molar-refractivity contribution >= 4 is 29.5 Å². The van der Waals surface area contributed by atoms with Gasteiger partial charge in [0.2, 0.25) is 0 Å². The van der Waals surface area contributed by atoms with Gasteiger partial charge in [-0.2, -0.15) is 0 Å². The van der Waals surface area contributed by atoms with Crippen LogP contribution < -0.4 is 0 Å². The minimum atomic E-state index is -2.89. The molecule has 0 atom stereocenters. The molecule has 12 heteroatoms. The van der Waals surface area contributed by atoms with Crippen LogP contribution in [0.5, 0.6) is 0 Å². The molecule has 0 aliphatic carbocycles. The summed E-state index contributed by atoms with van der Waals surface area (Å²) in [6, 6.07) is 1.03. The molecule has 0 aromatic rings. The highest BCUT2D eigenvalue weighted by molar-refractivity contribution is 6.61. The molecule has 0 unspecified atom stereocenters. The Balaban J connectivity index is 5.71. The Morgan fingerprint density at radius 1 is 0.600 bits per heavy atom. The minimum absolute atomic E-state index is 0.0782. The van der Waals surface area contributed by atoms with E-state index in [1.54, 1.807) is 0 Å². The number of hydrogen-bond donors (Lipinski definition) is 2. The molecule has 35 heavy (non-hydrogen) atoms. The van der Waals surface area contributed by atoms with Gasteiger partial charge in [-0.3, -0.25) is 4.79 Å². The zero-order valence-corrected chi connectivity index (χ0v) is 24.4. The molecule has 0 bridgehead atoms. The maximum absolute atomic E-state index is 12.0. The van der Waals surface area contributed by atoms with E-state index >= 15 is 0 Å². The summed E-state index contributed by atoms with van der Waals surface area (Å²) >= 11 is 0. The SMILES string of the molecule is CCO[Si](CCCC(CCC[Si](OCC)(OCC)OCC)=C(CC(=O)O)C(=O)O)(OCC)OCC. The van der Waals surface area contributed by atoms with Crippen LogP contribution in [0, 0.1) is 0 Å². The molecule has 0 aliphatic heterocycles. The van der Waals surface area contributed by atoms with Crippen molar-refractivity contribution in [3.05, 3.63) is 11.1 Å². The lowest BCUT2D eigenvalue weighted by Crippen LogP contribution is -2.46. The normalized spacial score (nSPS) is 12.1. The van der Waals surface area contributed by atoms with Crippen molar-refractivity contribution in [1.29, 1.82) is 0 Å². The van der Waals surface area contributed by atoms with Crippen LogP contribution in [0.1, 0.15) is 73.6 Å². The van der Waals surface area contributed by atoms with Crippen LogP contribution in [0.3, 0.4) is 0 Å². The summed E-state index contributed by atoms with van der Waals surface area (Å²) in [6.07, 6.45) is 1.39. The first kappa shape index (κ1) is 33.9. The summed E-state index contributed by atoms with van der Waals surface area (Å²) in [5, 5.41) is 19.1. The van der Waals surface area contributed by atoms with Crippen LogP contribution in [0.4, 0.5) is 0 Å². The number of carbonyl (C=O) groups is 2. The van der Waals surface area contributed by atoms with Crippen LogP contribution in [0.25, 0.3) is 0 Å².